The van der Waals surface area contributed by atoms with Crippen LogP contribution in [0.1, 0.15) is 40.5 Å². The van der Waals surface area contributed by atoms with Gasteiger partial charge in [-0.2, -0.15) is 0 Å². The summed E-state index contributed by atoms with van der Waals surface area (Å²) in [6, 6.07) is 0. The van der Waals surface area contributed by atoms with E-state index in [0.717, 1.165) is 0 Å². The van der Waals surface area contributed by atoms with Crippen molar-refractivity contribution in [2.24, 2.45) is 0 Å². The number of carbonyl (C=O) groups excluding carboxylic acids is 1. The fraction of sp³-hybridized carbons (Fsp3) is 0.933. The van der Waals surface area contributed by atoms with Crippen LogP contribution in [0.4, 0.5) is 0 Å². The molecule has 0 saturated carbocycles. The minimum absolute atomic E-state index is 0.123. The zero-order valence-electron chi connectivity index (χ0n) is 13.8. The van der Waals surface area contributed by atoms with E-state index < -0.39 is 29.9 Å². The highest BCUT2D eigenvalue weighted by molar-refractivity contribution is 5.69. The van der Waals surface area contributed by atoms with Crippen LogP contribution in [-0.4, -0.2) is 60.8 Å². The van der Waals surface area contributed by atoms with Crippen molar-refractivity contribution in [3.63, 3.8) is 0 Å². The van der Waals surface area contributed by atoms with E-state index in [1.807, 2.05) is 13.8 Å². The Balaban J connectivity index is 2.02. The van der Waals surface area contributed by atoms with Crippen LogP contribution >= 0.6 is 0 Å². The average molecular weight is 318 g/mol. The van der Waals surface area contributed by atoms with Crippen LogP contribution in [0.5, 0.6) is 0 Å². The first-order chi connectivity index (χ1) is 10.1. The van der Waals surface area contributed by atoms with E-state index in [2.05, 4.69) is 4.74 Å². The third-order valence-electron chi connectivity index (χ3n) is 3.81. The normalized spacial score (nSPS) is 34.5. The van der Waals surface area contributed by atoms with Crippen LogP contribution in [0.25, 0.3) is 0 Å². The Morgan fingerprint density at radius 2 is 1.91 bits per heavy atom. The SMILES string of the molecule is COC(=O)CC[C@@H](O)[C@H]1OC(C)(C)O[C@@H]1[C@H]1COC(C)(C)O1. The summed E-state index contributed by atoms with van der Waals surface area (Å²) in [6.45, 7) is 7.60. The molecular weight excluding hydrogens is 292 g/mol. The van der Waals surface area contributed by atoms with Crippen molar-refractivity contribution in [2.75, 3.05) is 13.7 Å². The molecule has 0 amide bonds. The first-order valence-corrected chi connectivity index (χ1v) is 7.56. The summed E-state index contributed by atoms with van der Waals surface area (Å²) < 4.78 is 27.7. The first kappa shape index (κ1) is 17.6. The van der Waals surface area contributed by atoms with Crippen molar-refractivity contribution in [2.45, 2.75) is 76.5 Å². The second-order valence-electron chi connectivity index (χ2n) is 6.61. The van der Waals surface area contributed by atoms with Gasteiger partial charge in [-0.05, 0) is 34.1 Å². The van der Waals surface area contributed by atoms with E-state index in [1.54, 1.807) is 13.8 Å². The topological polar surface area (TPSA) is 83.5 Å². The molecule has 0 unspecified atom stereocenters. The van der Waals surface area contributed by atoms with E-state index in [9.17, 15) is 9.90 Å². The predicted octanol–water partition coefficient (Wildman–Crippen LogP) is 0.972. The van der Waals surface area contributed by atoms with Gasteiger partial charge >= 0.3 is 5.97 Å². The van der Waals surface area contributed by atoms with Gasteiger partial charge in [-0.3, -0.25) is 4.79 Å². The molecule has 128 valence electrons. The fourth-order valence-electron chi connectivity index (χ4n) is 2.81. The molecule has 22 heavy (non-hydrogen) atoms. The van der Waals surface area contributed by atoms with Crippen LogP contribution in [0.15, 0.2) is 0 Å². The lowest BCUT2D eigenvalue weighted by Gasteiger charge is -2.26. The maximum Gasteiger partial charge on any atom is 0.305 e. The van der Waals surface area contributed by atoms with E-state index in [-0.39, 0.29) is 24.9 Å². The lowest BCUT2D eigenvalue weighted by atomic mass is 10.00. The number of ether oxygens (including phenoxy) is 5. The summed E-state index contributed by atoms with van der Waals surface area (Å²) in [5, 5.41) is 10.4. The number of aliphatic hydroxyl groups excluding tert-OH is 1. The minimum Gasteiger partial charge on any atom is -0.469 e. The number of methoxy groups -OCH3 is 1. The molecule has 4 atom stereocenters. The molecule has 0 aromatic rings. The van der Waals surface area contributed by atoms with Gasteiger partial charge in [-0.25, -0.2) is 0 Å². The predicted molar refractivity (Wildman–Crippen MR) is 76.0 cm³/mol. The number of rotatable bonds is 5. The van der Waals surface area contributed by atoms with Crippen molar-refractivity contribution >= 4 is 5.97 Å². The Bertz CT molecular complexity index is 407. The van der Waals surface area contributed by atoms with Gasteiger partial charge in [0.15, 0.2) is 11.6 Å². The highest BCUT2D eigenvalue weighted by Crippen LogP contribution is 2.37. The molecule has 7 heteroatoms. The lowest BCUT2D eigenvalue weighted by molar-refractivity contribution is -0.175. The monoisotopic (exact) mass is 318 g/mol. The van der Waals surface area contributed by atoms with Crippen molar-refractivity contribution in [3.8, 4) is 0 Å². The van der Waals surface area contributed by atoms with Gasteiger partial charge < -0.3 is 28.8 Å². The van der Waals surface area contributed by atoms with Crippen molar-refractivity contribution in [1.29, 1.82) is 0 Å². The van der Waals surface area contributed by atoms with Crippen molar-refractivity contribution in [1.82, 2.24) is 0 Å². The number of carbonyl (C=O) groups is 1. The van der Waals surface area contributed by atoms with Gasteiger partial charge in [0.05, 0.1) is 19.8 Å². The van der Waals surface area contributed by atoms with Crippen LogP contribution in [0, 0.1) is 0 Å². The molecule has 0 radical (unpaired) electrons. The molecule has 2 saturated heterocycles. The van der Waals surface area contributed by atoms with Crippen LogP contribution < -0.4 is 0 Å². The van der Waals surface area contributed by atoms with E-state index in [1.165, 1.54) is 7.11 Å². The van der Waals surface area contributed by atoms with E-state index in [0.29, 0.717) is 6.61 Å². The molecule has 2 fully saturated rings. The second kappa shape index (κ2) is 6.41. The Kier molecular flexibility index (Phi) is 5.13. The van der Waals surface area contributed by atoms with Crippen molar-refractivity contribution in [3.05, 3.63) is 0 Å². The summed E-state index contributed by atoms with van der Waals surface area (Å²) in [5.74, 6) is -1.87. The summed E-state index contributed by atoms with van der Waals surface area (Å²) in [6.07, 6.45) is -1.85. The maximum atomic E-state index is 11.2. The highest BCUT2D eigenvalue weighted by atomic mass is 16.8. The first-order valence-electron chi connectivity index (χ1n) is 7.56. The number of hydrogen-bond donors (Lipinski definition) is 1. The smallest absolute Gasteiger partial charge is 0.305 e. The molecule has 0 aromatic carbocycles. The molecule has 7 nitrogen and oxygen atoms in total. The Morgan fingerprint density at radius 1 is 1.23 bits per heavy atom. The average Bonchev–Trinajstić information content (AvgIpc) is 2.94. The maximum absolute atomic E-state index is 11.2. The van der Waals surface area contributed by atoms with Gasteiger partial charge in [0.2, 0.25) is 0 Å². The fourth-order valence-corrected chi connectivity index (χ4v) is 2.81. The van der Waals surface area contributed by atoms with Crippen LogP contribution in [-0.2, 0) is 28.5 Å². The number of hydrogen-bond acceptors (Lipinski definition) is 7. The quantitative estimate of drug-likeness (QED) is 0.756. The zero-order valence-corrected chi connectivity index (χ0v) is 13.8. The van der Waals surface area contributed by atoms with Crippen LogP contribution in [0.3, 0.4) is 0 Å². The van der Waals surface area contributed by atoms with Gasteiger partial charge in [0.25, 0.3) is 0 Å². The summed E-state index contributed by atoms with van der Waals surface area (Å²) in [4.78, 5) is 11.2. The van der Waals surface area contributed by atoms with E-state index in [4.69, 9.17) is 18.9 Å². The molecular formula is C15H26O7. The molecule has 0 aliphatic carbocycles. The van der Waals surface area contributed by atoms with Crippen LogP contribution in [0.2, 0.25) is 0 Å². The van der Waals surface area contributed by atoms with Gasteiger partial charge in [0, 0.05) is 6.42 Å². The Hall–Kier alpha value is -0.730. The standard InChI is InChI=1S/C15H26O7/c1-14(2)19-8-10(20-14)13-12(21-15(3,4)22-13)9(16)6-7-11(17)18-5/h9-10,12-13,16H,6-8H2,1-5H3/t9-,10-,12-,13-/m1/s1. The lowest BCUT2D eigenvalue weighted by Crippen LogP contribution is -2.44. The summed E-state index contributed by atoms with van der Waals surface area (Å²) >= 11 is 0. The second-order valence-corrected chi connectivity index (χ2v) is 6.61. The van der Waals surface area contributed by atoms with E-state index >= 15 is 0 Å². The molecule has 1 N–H and O–H groups in total. The van der Waals surface area contributed by atoms with Crippen molar-refractivity contribution < 1.29 is 33.6 Å². The Labute approximate surface area is 130 Å². The molecule has 0 bridgehead atoms. The third-order valence-corrected chi connectivity index (χ3v) is 3.81. The zero-order chi connectivity index (χ0) is 16.5. The summed E-state index contributed by atoms with van der Waals surface area (Å²) in [7, 11) is 1.32. The molecule has 2 aliphatic heterocycles. The molecule has 2 heterocycles. The van der Waals surface area contributed by atoms with Gasteiger partial charge in [-0.15, -0.1) is 0 Å². The molecule has 0 spiro atoms. The highest BCUT2D eigenvalue weighted by Gasteiger charge is 2.51. The largest absolute Gasteiger partial charge is 0.469 e. The van der Waals surface area contributed by atoms with Gasteiger partial charge in [0.1, 0.15) is 18.3 Å². The number of esters is 1. The summed E-state index contributed by atoms with van der Waals surface area (Å²) in [5.41, 5.74) is 0. The molecule has 0 aromatic heterocycles. The molecule has 2 rings (SSSR count). The Morgan fingerprint density at radius 3 is 2.45 bits per heavy atom. The minimum atomic E-state index is -0.849. The number of aliphatic hydroxyl groups is 1. The van der Waals surface area contributed by atoms with Gasteiger partial charge in [-0.1, -0.05) is 0 Å². The third kappa shape index (κ3) is 4.17. The molecule has 2 aliphatic rings.